The highest BCUT2D eigenvalue weighted by Crippen LogP contribution is 2.23. The first-order valence-electron chi connectivity index (χ1n) is 7.11. The van der Waals surface area contributed by atoms with Crippen LogP contribution in [0.5, 0.6) is 0 Å². The largest absolute Gasteiger partial charge is 0.298 e. The van der Waals surface area contributed by atoms with Crippen LogP contribution in [-0.4, -0.2) is 47.0 Å². The van der Waals surface area contributed by atoms with Gasteiger partial charge in [0.25, 0.3) is 0 Å². The molecule has 3 nitrogen and oxygen atoms in total. The van der Waals surface area contributed by atoms with E-state index in [4.69, 9.17) is 0 Å². The Morgan fingerprint density at radius 3 is 2.28 bits per heavy atom. The minimum absolute atomic E-state index is 0.487. The molecule has 0 saturated carbocycles. The lowest BCUT2D eigenvalue weighted by Gasteiger charge is -2.40. The van der Waals surface area contributed by atoms with Crippen molar-refractivity contribution >= 4 is 0 Å². The third kappa shape index (κ3) is 3.09. The zero-order valence-corrected chi connectivity index (χ0v) is 11.8. The van der Waals surface area contributed by atoms with Gasteiger partial charge < -0.3 is 0 Å². The predicted octanol–water partition coefficient (Wildman–Crippen LogP) is 2.56. The second-order valence-electron chi connectivity index (χ2n) is 5.34. The molecule has 0 spiro atoms. The number of rotatable bonds is 4. The molecule has 0 bridgehead atoms. The highest BCUT2D eigenvalue weighted by molar-refractivity contribution is 5.09. The number of pyridine rings is 1. The smallest absolute Gasteiger partial charge is 0.0575 e. The Kier molecular flexibility index (Phi) is 4.72. The van der Waals surface area contributed by atoms with Crippen LogP contribution < -0.4 is 0 Å². The van der Waals surface area contributed by atoms with Crippen molar-refractivity contribution in [2.24, 2.45) is 0 Å². The fraction of sp³-hybridized carbons (Fsp3) is 0.667. The molecule has 3 heteroatoms. The fourth-order valence-corrected chi connectivity index (χ4v) is 2.79. The number of nitrogens with zero attached hydrogens (tertiary/aromatic N) is 3. The van der Waals surface area contributed by atoms with Crippen LogP contribution in [0.3, 0.4) is 0 Å². The summed E-state index contributed by atoms with van der Waals surface area (Å²) >= 11 is 0. The normalized spacial score (nSPS) is 20.2. The van der Waals surface area contributed by atoms with E-state index in [9.17, 15) is 0 Å². The van der Waals surface area contributed by atoms with E-state index in [1.807, 2.05) is 12.3 Å². The van der Waals surface area contributed by atoms with Gasteiger partial charge in [0.05, 0.1) is 11.7 Å². The molecule has 1 fully saturated rings. The van der Waals surface area contributed by atoms with E-state index in [0.717, 1.165) is 19.5 Å². The summed E-state index contributed by atoms with van der Waals surface area (Å²) in [5.41, 5.74) is 1.22. The SMILES string of the molecule is CCC(c1ccccn1)N1CCN(C(C)C)CC1. The molecule has 1 aromatic heterocycles. The third-order valence-electron chi connectivity index (χ3n) is 3.94. The van der Waals surface area contributed by atoms with Gasteiger partial charge in [0.15, 0.2) is 0 Å². The second kappa shape index (κ2) is 6.30. The Labute approximate surface area is 111 Å². The maximum Gasteiger partial charge on any atom is 0.0575 e. The standard InChI is InChI=1S/C15H25N3/c1-4-15(14-7-5-6-8-16-14)18-11-9-17(10-12-18)13(2)3/h5-8,13,15H,4,9-12H2,1-3H3. The molecule has 1 aliphatic rings. The summed E-state index contributed by atoms with van der Waals surface area (Å²) in [6, 6.07) is 7.40. The summed E-state index contributed by atoms with van der Waals surface area (Å²) < 4.78 is 0. The zero-order chi connectivity index (χ0) is 13.0. The minimum atomic E-state index is 0.487. The lowest BCUT2D eigenvalue weighted by molar-refractivity contribution is 0.0749. The molecule has 1 aliphatic heterocycles. The summed E-state index contributed by atoms with van der Waals surface area (Å²) in [5.74, 6) is 0. The number of aromatic nitrogens is 1. The van der Waals surface area contributed by atoms with Crippen LogP contribution in [-0.2, 0) is 0 Å². The van der Waals surface area contributed by atoms with Crippen molar-refractivity contribution < 1.29 is 0 Å². The molecular weight excluding hydrogens is 222 g/mol. The Hall–Kier alpha value is -0.930. The molecule has 0 aromatic carbocycles. The van der Waals surface area contributed by atoms with E-state index in [1.54, 1.807) is 0 Å². The summed E-state index contributed by atoms with van der Waals surface area (Å²) in [6.07, 6.45) is 3.04. The van der Waals surface area contributed by atoms with Gasteiger partial charge in [-0.05, 0) is 32.4 Å². The topological polar surface area (TPSA) is 19.4 Å². The Morgan fingerprint density at radius 2 is 1.78 bits per heavy atom. The van der Waals surface area contributed by atoms with Gasteiger partial charge in [0.1, 0.15) is 0 Å². The van der Waals surface area contributed by atoms with E-state index in [2.05, 4.69) is 47.7 Å². The molecule has 2 rings (SSSR count). The Bertz CT molecular complexity index is 342. The zero-order valence-electron chi connectivity index (χ0n) is 11.8. The maximum atomic E-state index is 4.52. The van der Waals surface area contributed by atoms with Crippen molar-refractivity contribution in [3.8, 4) is 0 Å². The van der Waals surface area contributed by atoms with E-state index in [1.165, 1.54) is 18.8 Å². The number of hydrogen-bond acceptors (Lipinski definition) is 3. The fourth-order valence-electron chi connectivity index (χ4n) is 2.79. The van der Waals surface area contributed by atoms with Gasteiger partial charge in [-0.3, -0.25) is 14.8 Å². The molecule has 100 valence electrons. The van der Waals surface area contributed by atoms with Gasteiger partial charge in [-0.15, -0.1) is 0 Å². The average molecular weight is 247 g/mol. The van der Waals surface area contributed by atoms with Crippen LogP contribution in [0.15, 0.2) is 24.4 Å². The molecule has 1 saturated heterocycles. The summed E-state index contributed by atoms with van der Waals surface area (Å²) in [4.78, 5) is 9.67. The van der Waals surface area contributed by atoms with Gasteiger partial charge >= 0.3 is 0 Å². The second-order valence-corrected chi connectivity index (χ2v) is 5.34. The molecule has 18 heavy (non-hydrogen) atoms. The van der Waals surface area contributed by atoms with Gasteiger partial charge in [0.2, 0.25) is 0 Å². The van der Waals surface area contributed by atoms with Crippen molar-refractivity contribution in [3.63, 3.8) is 0 Å². The molecular formula is C15H25N3. The van der Waals surface area contributed by atoms with E-state index in [-0.39, 0.29) is 0 Å². The molecule has 1 atom stereocenters. The Morgan fingerprint density at radius 1 is 1.11 bits per heavy atom. The van der Waals surface area contributed by atoms with Crippen LogP contribution in [0.25, 0.3) is 0 Å². The minimum Gasteiger partial charge on any atom is -0.298 e. The average Bonchev–Trinajstić information content (AvgIpc) is 2.41. The molecule has 1 unspecified atom stereocenters. The van der Waals surface area contributed by atoms with Crippen molar-refractivity contribution in [1.29, 1.82) is 0 Å². The van der Waals surface area contributed by atoms with E-state index < -0.39 is 0 Å². The maximum absolute atomic E-state index is 4.52. The molecule has 0 radical (unpaired) electrons. The monoisotopic (exact) mass is 247 g/mol. The van der Waals surface area contributed by atoms with Crippen LogP contribution in [0, 0.1) is 0 Å². The quantitative estimate of drug-likeness (QED) is 0.815. The first kappa shape index (κ1) is 13.5. The molecule has 0 amide bonds. The van der Waals surface area contributed by atoms with E-state index >= 15 is 0 Å². The lowest BCUT2D eigenvalue weighted by Crippen LogP contribution is -2.49. The molecule has 1 aromatic rings. The van der Waals surface area contributed by atoms with Crippen LogP contribution in [0.2, 0.25) is 0 Å². The first-order valence-corrected chi connectivity index (χ1v) is 7.11. The van der Waals surface area contributed by atoms with Crippen molar-refractivity contribution in [2.45, 2.75) is 39.3 Å². The van der Waals surface area contributed by atoms with Crippen LogP contribution >= 0.6 is 0 Å². The molecule has 0 aliphatic carbocycles. The summed E-state index contributed by atoms with van der Waals surface area (Å²) in [7, 11) is 0. The first-order chi connectivity index (χ1) is 8.72. The highest BCUT2D eigenvalue weighted by atomic mass is 15.3. The van der Waals surface area contributed by atoms with Gasteiger partial charge in [-0.25, -0.2) is 0 Å². The molecule has 2 heterocycles. The Balaban J connectivity index is 1.99. The van der Waals surface area contributed by atoms with Crippen LogP contribution in [0.4, 0.5) is 0 Å². The van der Waals surface area contributed by atoms with Gasteiger partial charge in [-0.1, -0.05) is 13.0 Å². The predicted molar refractivity (Wildman–Crippen MR) is 75.6 cm³/mol. The van der Waals surface area contributed by atoms with Crippen molar-refractivity contribution in [2.75, 3.05) is 26.2 Å². The van der Waals surface area contributed by atoms with Crippen molar-refractivity contribution in [3.05, 3.63) is 30.1 Å². The van der Waals surface area contributed by atoms with Crippen molar-refractivity contribution in [1.82, 2.24) is 14.8 Å². The summed E-state index contributed by atoms with van der Waals surface area (Å²) in [6.45, 7) is 11.5. The molecule has 0 N–H and O–H groups in total. The van der Waals surface area contributed by atoms with Gasteiger partial charge in [0, 0.05) is 38.4 Å². The number of hydrogen-bond donors (Lipinski definition) is 0. The third-order valence-corrected chi connectivity index (χ3v) is 3.94. The highest BCUT2D eigenvalue weighted by Gasteiger charge is 2.25. The lowest BCUT2D eigenvalue weighted by atomic mass is 10.1. The summed E-state index contributed by atoms with van der Waals surface area (Å²) in [5, 5.41) is 0. The number of piperazine rings is 1. The van der Waals surface area contributed by atoms with Gasteiger partial charge in [-0.2, -0.15) is 0 Å². The van der Waals surface area contributed by atoms with E-state index in [0.29, 0.717) is 12.1 Å². The van der Waals surface area contributed by atoms with Crippen LogP contribution in [0.1, 0.15) is 38.9 Å².